The molecule has 1 aromatic rings. The lowest BCUT2D eigenvalue weighted by Crippen LogP contribution is -2.19. The van der Waals surface area contributed by atoms with Crippen molar-refractivity contribution in [2.75, 3.05) is 0 Å². The summed E-state index contributed by atoms with van der Waals surface area (Å²) < 4.78 is 0. The summed E-state index contributed by atoms with van der Waals surface area (Å²) in [6.45, 7) is 3.69. The first-order chi connectivity index (χ1) is 8.24. The highest BCUT2D eigenvalue weighted by atomic mass is 35.5. The Hall–Kier alpha value is -1.80. The van der Waals surface area contributed by atoms with E-state index in [-0.39, 0.29) is 6.04 Å². The minimum atomic E-state index is -0.0546. The third kappa shape index (κ3) is 2.48. The van der Waals surface area contributed by atoms with E-state index < -0.39 is 0 Å². The molecule has 1 aromatic carbocycles. The molecule has 0 aromatic heterocycles. The van der Waals surface area contributed by atoms with Gasteiger partial charge >= 0.3 is 0 Å². The second-order valence-corrected chi connectivity index (χ2v) is 4.20. The number of carbonyl (C=O) groups excluding carboxylic acids is 1. The number of rotatable bonds is 3. The number of nitrogens with one attached hydrogen (secondary N) is 1. The summed E-state index contributed by atoms with van der Waals surface area (Å²) in [4.78, 5) is 10.6. The summed E-state index contributed by atoms with van der Waals surface area (Å²) in [6, 6.07) is 7.29. The molecule has 0 aliphatic carbocycles. The van der Waals surface area contributed by atoms with Gasteiger partial charge in [0.2, 0.25) is 0 Å². The van der Waals surface area contributed by atoms with Gasteiger partial charge in [0.05, 0.1) is 6.04 Å². The zero-order valence-electron chi connectivity index (χ0n) is 9.19. The summed E-state index contributed by atoms with van der Waals surface area (Å²) in [5.74, 6) is 0. The molecule has 1 aliphatic rings. The minimum Gasteiger partial charge on any atom is -0.379 e. The largest absolute Gasteiger partial charge is 0.379 e. The molecule has 0 fully saturated rings. The van der Waals surface area contributed by atoms with Crippen molar-refractivity contribution in [1.82, 2.24) is 5.32 Å². The van der Waals surface area contributed by atoms with Crippen LogP contribution in [0.25, 0.3) is 0 Å². The Labute approximate surface area is 105 Å². The monoisotopic (exact) mass is 245 g/mol. The van der Waals surface area contributed by atoms with Gasteiger partial charge in [0.25, 0.3) is 0 Å². The Kier molecular flexibility index (Phi) is 3.45. The second kappa shape index (κ2) is 5.02. The predicted molar refractivity (Wildman–Crippen MR) is 69.9 cm³/mol. The van der Waals surface area contributed by atoms with Gasteiger partial charge in [-0.2, -0.15) is 0 Å². The van der Waals surface area contributed by atoms with Crippen LogP contribution in [0.4, 0.5) is 0 Å². The highest BCUT2D eigenvalue weighted by Gasteiger charge is 2.16. The summed E-state index contributed by atoms with van der Waals surface area (Å²) in [5, 5.41) is 3.91. The van der Waals surface area contributed by atoms with Crippen LogP contribution in [0.2, 0.25) is 0 Å². The van der Waals surface area contributed by atoms with E-state index in [9.17, 15) is 4.79 Å². The fourth-order valence-electron chi connectivity index (χ4n) is 1.68. The van der Waals surface area contributed by atoms with Crippen LogP contribution in [-0.2, 0) is 0 Å². The molecule has 0 spiro atoms. The Morgan fingerprint density at radius 3 is 2.53 bits per heavy atom. The van der Waals surface area contributed by atoms with Gasteiger partial charge in [0.15, 0.2) is 0 Å². The van der Waals surface area contributed by atoms with Crippen molar-refractivity contribution < 1.29 is 4.79 Å². The first kappa shape index (κ1) is 11.7. The van der Waals surface area contributed by atoms with E-state index >= 15 is 0 Å². The summed E-state index contributed by atoms with van der Waals surface area (Å²) in [7, 11) is 0. The van der Waals surface area contributed by atoms with Gasteiger partial charge in [0, 0.05) is 16.8 Å². The third-order valence-electron chi connectivity index (χ3n) is 2.64. The highest BCUT2D eigenvalue weighted by molar-refractivity contribution is 6.30. The maximum Gasteiger partial charge on any atom is 0.150 e. The van der Waals surface area contributed by atoms with Gasteiger partial charge in [-0.3, -0.25) is 4.79 Å². The van der Waals surface area contributed by atoms with Crippen molar-refractivity contribution in [1.29, 1.82) is 0 Å². The lowest BCUT2D eigenvalue weighted by Gasteiger charge is -2.21. The highest BCUT2D eigenvalue weighted by Crippen LogP contribution is 2.29. The van der Waals surface area contributed by atoms with E-state index in [1.165, 1.54) is 0 Å². The van der Waals surface area contributed by atoms with Crippen LogP contribution in [0.5, 0.6) is 0 Å². The van der Waals surface area contributed by atoms with Crippen LogP contribution >= 0.6 is 11.6 Å². The zero-order valence-corrected chi connectivity index (χ0v) is 9.95. The summed E-state index contributed by atoms with van der Waals surface area (Å²) in [6.07, 6.45) is 6.31. The molecule has 1 atom stereocenters. The third-order valence-corrected chi connectivity index (χ3v) is 2.97. The molecule has 3 heteroatoms. The van der Waals surface area contributed by atoms with E-state index in [0.717, 1.165) is 17.4 Å². The maximum atomic E-state index is 10.6. The van der Waals surface area contributed by atoms with Crippen LogP contribution in [0.1, 0.15) is 22.0 Å². The molecular weight excluding hydrogens is 234 g/mol. The standard InChI is InChI=1S/C14H12ClNO/c1-2-10-7-13(15)14(16-8-10)12-5-3-11(9-17)4-6-12/h2-9,14,16H,1H2. The van der Waals surface area contributed by atoms with E-state index in [4.69, 9.17) is 11.6 Å². The summed E-state index contributed by atoms with van der Waals surface area (Å²) in [5.41, 5.74) is 2.64. The minimum absolute atomic E-state index is 0.0546. The molecule has 86 valence electrons. The fraction of sp³-hybridized carbons (Fsp3) is 0.0714. The van der Waals surface area contributed by atoms with E-state index in [1.54, 1.807) is 18.2 Å². The van der Waals surface area contributed by atoms with Crippen molar-refractivity contribution in [2.45, 2.75) is 6.04 Å². The molecular formula is C14H12ClNO. The SMILES string of the molecule is C=CC1=CNC(c2ccc(C=O)cc2)C(Cl)=C1. The van der Waals surface area contributed by atoms with E-state index in [1.807, 2.05) is 24.4 Å². The molecule has 1 N–H and O–H groups in total. The van der Waals surface area contributed by atoms with Crippen molar-refractivity contribution in [2.24, 2.45) is 0 Å². The number of aldehydes is 1. The van der Waals surface area contributed by atoms with Crippen molar-refractivity contribution in [3.8, 4) is 0 Å². The molecule has 17 heavy (non-hydrogen) atoms. The number of benzene rings is 1. The number of carbonyl (C=O) groups is 1. The Morgan fingerprint density at radius 2 is 2.00 bits per heavy atom. The van der Waals surface area contributed by atoms with E-state index in [0.29, 0.717) is 10.6 Å². The van der Waals surface area contributed by atoms with Crippen LogP contribution in [0, 0.1) is 0 Å². The van der Waals surface area contributed by atoms with Crippen LogP contribution in [0.15, 0.2) is 59.8 Å². The fourth-order valence-corrected chi connectivity index (χ4v) is 2.00. The molecule has 2 nitrogen and oxygen atoms in total. The quantitative estimate of drug-likeness (QED) is 0.828. The Bertz CT molecular complexity index is 499. The molecule has 0 amide bonds. The van der Waals surface area contributed by atoms with Crippen molar-refractivity contribution in [3.63, 3.8) is 0 Å². The van der Waals surface area contributed by atoms with Gasteiger partial charge in [-0.15, -0.1) is 0 Å². The molecule has 0 saturated carbocycles. The number of dihydropyridines is 1. The van der Waals surface area contributed by atoms with Crippen molar-refractivity contribution >= 4 is 17.9 Å². The number of hydrogen-bond donors (Lipinski definition) is 1. The molecule has 0 bridgehead atoms. The summed E-state index contributed by atoms with van der Waals surface area (Å²) >= 11 is 6.20. The van der Waals surface area contributed by atoms with Gasteiger partial charge in [-0.05, 0) is 17.2 Å². The Balaban J connectivity index is 2.24. The number of allylic oxidation sites excluding steroid dienone is 3. The van der Waals surface area contributed by atoms with E-state index in [2.05, 4.69) is 11.9 Å². The van der Waals surface area contributed by atoms with Crippen LogP contribution < -0.4 is 5.32 Å². The molecule has 0 radical (unpaired) electrons. The first-order valence-electron chi connectivity index (χ1n) is 5.25. The number of halogens is 1. The molecule has 0 saturated heterocycles. The Morgan fingerprint density at radius 1 is 1.29 bits per heavy atom. The van der Waals surface area contributed by atoms with Crippen molar-refractivity contribution in [3.05, 3.63) is 70.9 Å². The van der Waals surface area contributed by atoms with Crippen LogP contribution in [-0.4, -0.2) is 6.29 Å². The number of hydrogen-bond acceptors (Lipinski definition) is 2. The first-order valence-corrected chi connectivity index (χ1v) is 5.63. The average molecular weight is 246 g/mol. The normalized spacial score (nSPS) is 18.8. The topological polar surface area (TPSA) is 29.1 Å². The predicted octanol–water partition coefficient (Wildman–Crippen LogP) is 3.34. The average Bonchev–Trinajstić information content (AvgIpc) is 2.39. The lowest BCUT2D eigenvalue weighted by atomic mass is 10.0. The van der Waals surface area contributed by atoms with Gasteiger partial charge in [0.1, 0.15) is 6.29 Å². The zero-order chi connectivity index (χ0) is 12.3. The molecule has 1 unspecified atom stereocenters. The smallest absolute Gasteiger partial charge is 0.150 e. The van der Waals surface area contributed by atoms with Gasteiger partial charge in [-0.1, -0.05) is 48.5 Å². The molecule has 1 aliphatic heterocycles. The lowest BCUT2D eigenvalue weighted by molar-refractivity contribution is 0.112. The second-order valence-electron chi connectivity index (χ2n) is 3.76. The van der Waals surface area contributed by atoms with Gasteiger partial charge in [-0.25, -0.2) is 0 Å². The molecule has 1 heterocycles. The van der Waals surface area contributed by atoms with Gasteiger partial charge < -0.3 is 5.32 Å². The maximum absolute atomic E-state index is 10.6. The van der Waals surface area contributed by atoms with Crippen LogP contribution in [0.3, 0.4) is 0 Å². The molecule has 2 rings (SSSR count).